The number of carbonyl (C=O) groups excluding carboxylic acids is 1. The summed E-state index contributed by atoms with van der Waals surface area (Å²) in [6.45, 7) is 3.96. The number of rotatable bonds is 5. The van der Waals surface area contributed by atoms with Gasteiger partial charge in [-0.15, -0.1) is 15.3 Å². The molecule has 0 amide bonds. The van der Waals surface area contributed by atoms with Gasteiger partial charge in [0.2, 0.25) is 0 Å². The summed E-state index contributed by atoms with van der Waals surface area (Å²) < 4.78 is 6.52. The van der Waals surface area contributed by atoms with Crippen LogP contribution < -0.4 is 0 Å². The van der Waals surface area contributed by atoms with Gasteiger partial charge in [0.1, 0.15) is 5.69 Å². The Bertz CT molecular complexity index is 677. The average molecular weight is 290 g/mol. The molecule has 21 heavy (non-hydrogen) atoms. The smallest absolute Gasteiger partial charge is 0.361 e. The molecule has 8 nitrogen and oxygen atoms in total. The number of ether oxygens (including phenoxy) is 1. The quantitative estimate of drug-likeness (QED) is 0.752. The van der Waals surface area contributed by atoms with E-state index in [-0.39, 0.29) is 12.3 Å². The minimum absolute atomic E-state index is 0.120. The maximum atomic E-state index is 12.0. The number of carbonyl (C=O) groups is 1. The number of esters is 1. The molecule has 0 aliphatic heterocycles. The molecular formula is C13H18N6O2. The zero-order valence-electron chi connectivity index (χ0n) is 12.6. The van der Waals surface area contributed by atoms with Crippen molar-refractivity contribution in [3.05, 3.63) is 23.4 Å². The lowest BCUT2D eigenvalue weighted by atomic mass is 10.3. The van der Waals surface area contributed by atoms with E-state index < -0.39 is 5.97 Å². The second kappa shape index (κ2) is 6.29. The summed E-state index contributed by atoms with van der Waals surface area (Å²) in [7, 11) is 3.76. The molecule has 8 heteroatoms. The highest BCUT2D eigenvalue weighted by molar-refractivity contribution is 5.90. The van der Waals surface area contributed by atoms with Crippen LogP contribution in [0.5, 0.6) is 0 Å². The summed E-state index contributed by atoms with van der Waals surface area (Å²) in [5, 5.41) is 12.2. The zero-order chi connectivity index (χ0) is 15.4. The van der Waals surface area contributed by atoms with Gasteiger partial charge >= 0.3 is 5.97 Å². The SMILES string of the molecule is CCOC(=O)c1nnc2nc(CC)nn2c1C=CN(C)C. The highest BCUT2D eigenvalue weighted by Gasteiger charge is 2.19. The summed E-state index contributed by atoms with van der Waals surface area (Å²) >= 11 is 0. The summed E-state index contributed by atoms with van der Waals surface area (Å²) in [4.78, 5) is 18.1. The van der Waals surface area contributed by atoms with Crippen molar-refractivity contribution in [3.63, 3.8) is 0 Å². The second-order valence-electron chi connectivity index (χ2n) is 4.53. The Labute approximate surface area is 122 Å². The Morgan fingerprint density at radius 2 is 2.10 bits per heavy atom. The topological polar surface area (TPSA) is 85.5 Å². The van der Waals surface area contributed by atoms with Gasteiger partial charge in [-0.25, -0.2) is 4.79 Å². The molecule has 0 fully saturated rings. The first-order chi connectivity index (χ1) is 10.1. The highest BCUT2D eigenvalue weighted by Crippen LogP contribution is 2.11. The molecule has 0 saturated heterocycles. The number of nitrogens with zero attached hydrogens (tertiary/aromatic N) is 6. The Morgan fingerprint density at radius 3 is 2.71 bits per heavy atom. The maximum Gasteiger partial charge on any atom is 0.361 e. The third-order valence-corrected chi connectivity index (χ3v) is 2.66. The molecule has 0 bridgehead atoms. The van der Waals surface area contributed by atoms with Crippen LogP contribution in [0.2, 0.25) is 0 Å². The van der Waals surface area contributed by atoms with E-state index in [1.54, 1.807) is 19.2 Å². The monoisotopic (exact) mass is 290 g/mol. The van der Waals surface area contributed by atoms with Crippen molar-refractivity contribution >= 4 is 17.8 Å². The molecule has 2 aromatic heterocycles. The van der Waals surface area contributed by atoms with Crippen molar-refractivity contribution in [2.45, 2.75) is 20.3 Å². The normalized spacial score (nSPS) is 11.2. The maximum absolute atomic E-state index is 12.0. The van der Waals surface area contributed by atoms with Crippen molar-refractivity contribution < 1.29 is 9.53 Å². The van der Waals surface area contributed by atoms with E-state index in [2.05, 4.69) is 20.3 Å². The van der Waals surface area contributed by atoms with Crippen LogP contribution in [0.4, 0.5) is 0 Å². The van der Waals surface area contributed by atoms with Crippen LogP contribution in [0.15, 0.2) is 6.20 Å². The number of fused-ring (bicyclic) bond motifs is 1. The van der Waals surface area contributed by atoms with Crippen molar-refractivity contribution in [2.75, 3.05) is 20.7 Å². The molecule has 0 saturated carbocycles. The molecule has 0 radical (unpaired) electrons. The van der Waals surface area contributed by atoms with Gasteiger partial charge in [0, 0.05) is 26.7 Å². The first-order valence-corrected chi connectivity index (χ1v) is 6.70. The van der Waals surface area contributed by atoms with Crippen LogP contribution >= 0.6 is 0 Å². The van der Waals surface area contributed by atoms with Gasteiger partial charge in [-0.3, -0.25) is 0 Å². The number of aryl methyl sites for hydroxylation is 1. The van der Waals surface area contributed by atoms with Crippen molar-refractivity contribution in [1.82, 2.24) is 29.7 Å². The number of aromatic nitrogens is 5. The predicted octanol–water partition coefficient (Wildman–Crippen LogP) is 0.791. The summed E-state index contributed by atoms with van der Waals surface area (Å²) in [5.74, 6) is 0.474. The standard InChI is InChI=1S/C13H18N6O2/c1-5-10-14-13-16-15-11(12(20)21-6-2)9(19(13)17-10)7-8-18(3)4/h7-8H,5-6H2,1-4H3. The van der Waals surface area contributed by atoms with E-state index in [9.17, 15) is 4.79 Å². The van der Waals surface area contributed by atoms with Gasteiger partial charge in [-0.05, 0) is 13.0 Å². The fraction of sp³-hybridized carbons (Fsp3) is 0.462. The van der Waals surface area contributed by atoms with E-state index in [1.807, 2.05) is 25.9 Å². The van der Waals surface area contributed by atoms with Gasteiger partial charge in [0.25, 0.3) is 5.78 Å². The molecule has 2 rings (SSSR count). The van der Waals surface area contributed by atoms with Crippen LogP contribution in [0, 0.1) is 0 Å². The third kappa shape index (κ3) is 3.15. The molecule has 112 valence electrons. The Balaban J connectivity index is 2.61. The first-order valence-electron chi connectivity index (χ1n) is 6.70. The third-order valence-electron chi connectivity index (χ3n) is 2.66. The lowest BCUT2D eigenvalue weighted by molar-refractivity contribution is 0.0517. The highest BCUT2D eigenvalue weighted by atomic mass is 16.5. The molecule has 0 N–H and O–H groups in total. The van der Waals surface area contributed by atoms with Crippen LogP contribution in [0.1, 0.15) is 35.9 Å². The van der Waals surface area contributed by atoms with E-state index in [1.165, 1.54) is 4.52 Å². The van der Waals surface area contributed by atoms with Gasteiger partial charge < -0.3 is 9.64 Å². The van der Waals surface area contributed by atoms with Gasteiger partial charge in [0.15, 0.2) is 11.5 Å². The molecule has 0 unspecified atom stereocenters. The van der Waals surface area contributed by atoms with Crippen LogP contribution in [-0.4, -0.2) is 56.4 Å². The number of hydrogen-bond acceptors (Lipinski definition) is 7. The summed E-state index contributed by atoms with van der Waals surface area (Å²) in [5.41, 5.74) is 0.620. The molecule has 0 atom stereocenters. The number of hydrogen-bond donors (Lipinski definition) is 0. The lowest BCUT2D eigenvalue weighted by Crippen LogP contribution is -2.14. The van der Waals surface area contributed by atoms with E-state index in [0.29, 0.717) is 23.7 Å². The second-order valence-corrected chi connectivity index (χ2v) is 4.53. The molecule has 0 aliphatic rings. The van der Waals surface area contributed by atoms with Crippen LogP contribution in [0.3, 0.4) is 0 Å². The lowest BCUT2D eigenvalue weighted by Gasteiger charge is -2.07. The molecule has 0 aromatic carbocycles. The predicted molar refractivity (Wildman–Crippen MR) is 76.6 cm³/mol. The van der Waals surface area contributed by atoms with E-state index in [4.69, 9.17) is 4.74 Å². The van der Waals surface area contributed by atoms with Crippen molar-refractivity contribution in [3.8, 4) is 0 Å². The average Bonchev–Trinajstić information content (AvgIpc) is 2.87. The largest absolute Gasteiger partial charge is 0.461 e. The summed E-state index contributed by atoms with van der Waals surface area (Å²) in [6.07, 6.45) is 4.21. The van der Waals surface area contributed by atoms with Crippen molar-refractivity contribution in [1.29, 1.82) is 0 Å². The van der Waals surface area contributed by atoms with Crippen LogP contribution in [0.25, 0.3) is 11.9 Å². The molecule has 0 spiro atoms. The molecule has 0 aliphatic carbocycles. The van der Waals surface area contributed by atoms with E-state index in [0.717, 1.165) is 0 Å². The molecule has 2 heterocycles. The van der Waals surface area contributed by atoms with Crippen molar-refractivity contribution in [2.24, 2.45) is 0 Å². The fourth-order valence-corrected chi connectivity index (χ4v) is 1.68. The Hall–Kier alpha value is -2.51. The molecular weight excluding hydrogens is 272 g/mol. The minimum atomic E-state index is -0.529. The first kappa shape index (κ1) is 14.9. The minimum Gasteiger partial charge on any atom is -0.461 e. The zero-order valence-corrected chi connectivity index (χ0v) is 12.6. The molecule has 2 aromatic rings. The van der Waals surface area contributed by atoms with Crippen LogP contribution in [-0.2, 0) is 11.2 Å². The van der Waals surface area contributed by atoms with Gasteiger partial charge in [-0.1, -0.05) is 6.92 Å². The fourth-order valence-electron chi connectivity index (χ4n) is 1.68. The van der Waals surface area contributed by atoms with Gasteiger partial charge in [0.05, 0.1) is 6.61 Å². The van der Waals surface area contributed by atoms with E-state index >= 15 is 0 Å². The Kier molecular flexibility index (Phi) is 4.46. The Morgan fingerprint density at radius 1 is 1.33 bits per heavy atom. The van der Waals surface area contributed by atoms with Gasteiger partial charge in [-0.2, -0.15) is 9.50 Å². The summed E-state index contributed by atoms with van der Waals surface area (Å²) in [6, 6.07) is 0.